The fourth-order valence-corrected chi connectivity index (χ4v) is 3.19. The minimum atomic E-state index is 0.269. The van der Waals surface area contributed by atoms with Crippen LogP contribution in [0.3, 0.4) is 0 Å². The Morgan fingerprint density at radius 1 is 1.53 bits per heavy atom. The van der Waals surface area contributed by atoms with Gasteiger partial charge >= 0.3 is 0 Å². The van der Waals surface area contributed by atoms with E-state index in [4.69, 9.17) is 17.4 Å². The molecule has 3 N–H and O–H groups in total. The van der Waals surface area contributed by atoms with E-state index in [0.29, 0.717) is 0 Å². The number of nitrogens with two attached hydrogens (primary N) is 1. The normalized spacial score (nSPS) is 12.7. The monoisotopic (exact) mass is 336 g/mol. The summed E-state index contributed by atoms with van der Waals surface area (Å²) in [6, 6.07) is 6.24. The lowest BCUT2D eigenvalue weighted by molar-refractivity contribution is 0.575. The van der Waals surface area contributed by atoms with Gasteiger partial charge in [0.25, 0.3) is 0 Å². The summed E-state index contributed by atoms with van der Waals surface area (Å²) >= 11 is 11.5. The van der Waals surface area contributed by atoms with Crippen molar-refractivity contribution in [1.29, 1.82) is 0 Å². The molecule has 96 valence electrons. The molecule has 1 unspecified atom stereocenters. The van der Waals surface area contributed by atoms with Gasteiger partial charge < -0.3 is 0 Å². The highest BCUT2D eigenvalue weighted by molar-refractivity contribution is 9.10. The van der Waals surface area contributed by atoms with E-state index in [2.05, 4.69) is 28.3 Å². The Balaban J connectivity index is 2.54. The first-order valence-electron chi connectivity index (χ1n) is 5.65. The summed E-state index contributed by atoms with van der Waals surface area (Å²) in [5.74, 6) is 7.75. The molecular weight excluding hydrogens is 320 g/mol. The molecule has 0 radical (unpaired) electrons. The highest BCUT2D eigenvalue weighted by Crippen LogP contribution is 2.23. The van der Waals surface area contributed by atoms with Gasteiger partial charge in [0, 0.05) is 21.3 Å². The third-order valence-corrected chi connectivity index (χ3v) is 4.56. The number of hydrazine groups is 1. The van der Waals surface area contributed by atoms with Crippen molar-refractivity contribution in [3.8, 4) is 0 Å². The first-order valence-corrected chi connectivity index (χ1v) is 7.97. The van der Waals surface area contributed by atoms with Crippen LogP contribution in [0, 0.1) is 0 Å². The molecule has 1 aromatic rings. The van der Waals surface area contributed by atoms with E-state index in [9.17, 15) is 0 Å². The number of hydrogen-bond donors (Lipinski definition) is 2. The Morgan fingerprint density at radius 3 is 2.88 bits per heavy atom. The smallest absolute Gasteiger partial charge is 0.0449 e. The summed E-state index contributed by atoms with van der Waals surface area (Å²) in [4.78, 5) is 0. The number of thioether (sulfide) groups is 1. The van der Waals surface area contributed by atoms with Gasteiger partial charge in [0.15, 0.2) is 0 Å². The molecule has 17 heavy (non-hydrogen) atoms. The van der Waals surface area contributed by atoms with Gasteiger partial charge in [-0.25, -0.2) is 0 Å². The summed E-state index contributed by atoms with van der Waals surface area (Å²) in [6.07, 6.45) is 2.06. The quantitative estimate of drug-likeness (QED) is 0.453. The summed E-state index contributed by atoms with van der Waals surface area (Å²) in [7, 11) is 0. The molecule has 0 amide bonds. The summed E-state index contributed by atoms with van der Waals surface area (Å²) in [6.45, 7) is 2.18. The lowest BCUT2D eigenvalue weighted by Crippen LogP contribution is -2.38. The van der Waals surface area contributed by atoms with Gasteiger partial charge in [-0.05, 0) is 36.3 Å². The molecule has 0 fully saturated rings. The van der Waals surface area contributed by atoms with Crippen molar-refractivity contribution in [3.05, 3.63) is 33.3 Å². The van der Waals surface area contributed by atoms with E-state index in [1.54, 1.807) is 0 Å². The molecule has 1 aromatic carbocycles. The number of halogens is 2. The zero-order valence-corrected chi connectivity index (χ0v) is 13.0. The maximum Gasteiger partial charge on any atom is 0.0449 e. The Kier molecular flexibility index (Phi) is 7.55. The van der Waals surface area contributed by atoms with Crippen LogP contribution >= 0.6 is 39.3 Å². The second-order valence-corrected chi connectivity index (χ2v) is 6.35. The van der Waals surface area contributed by atoms with Crippen molar-refractivity contribution in [1.82, 2.24) is 5.43 Å². The van der Waals surface area contributed by atoms with E-state index in [1.165, 1.54) is 12.2 Å². The third-order valence-electron chi connectivity index (χ3n) is 2.38. The molecule has 5 heteroatoms. The summed E-state index contributed by atoms with van der Waals surface area (Å²) in [5.41, 5.74) is 3.99. The van der Waals surface area contributed by atoms with Crippen LogP contribution in [0.2, 0.25) is 5.02 Å². The van der Waals surface area contributed by atoms with Crippen LogP contribution in [-0.4, -0.2) is 17.5 Å². The van der Waals surface area contributed by atoms with Gasteiger partial charge in [0.05, 0.1) is 0 Å². The molecule has 0 aromatic heterocycles. The van der Waals surface area contributed by atoms with Crippen LogP contribution in [0.1, 0.15) is 18.9 Å². The Morgan fingerprint density at radius 2 is 2.29 bits per heavy atom. The molecule has 0 bridgehead atoms. The van der Waals surface area contributed by atoms with E-state index >= 15 is 0 Å². The SMILES string of the molecule is CCCSCC(Cc1ccc(Br)cc1Cl)NN. The number of benzene rings is 1. The van der Waals surface area contributed by atoms with E-state index in [1.807, 2.05) is 30.0 Å². The molecule has 0 spiro atoms. The maximum absolute atomic E-state index is 6.19. The lowest BCUT2D eigenvalue weighted by Gasteiger charge is -2.16. The molecule has 0 saturated carbocycles. The van der Waals surface area contributed by atoms with Gasteiger partial charge in [-0.3, -0.25) is 11.3 Å². The second kappa shape index (κ2) is 8.38. The molecule has 0 aliphatic rings. The van der Waals surface area contributed by atoms with Crippen LogP contribution in [0.25, 0.3) is 0 Å². The molecule has 0 saturated heterocycles. The van der Waals surface area contributed by atoms with Crippen molar-refractivity contribution < 1.29 is 0 Å². The van der Waals surface area contributed by atoms with Crippen LogP contribution in [0.4, 0.5) is 0 Å². The first kappa shape index (κ1) is 15.3. The predicted molar refractivity (Wildman–Crippen MR) is 81.6 cm³/mol. The topological polar surface area (TPSA) is 38.0 Å². The minimum Gasteiger partial charge on any atom is -0.271 e. The van der Waals surface area contributed by atoms with Gasteiger partial charge in [-0.1, -0.05) is 40.5 Å². The van der Waals surface area contributed by atoms with Gasteiger partial charge in [-0.15, -0.1) is 0 Å². The van der Waals surface area contributed by atoms with Crippen LogP contribution in [0.15, 0.2) is 22.7 Å². The van der Waals surface area contributed by atoms with Crippen LogP contribution < -0.4 is 11.3 Å². The average Bonchev–Trinajstić information content (AvgIpc) is 2.31. The molecule has 1 atom stereocenters. The molecule has 0 heterocycles. The molecule has 0 aliphatic heterocycles. The Hall–Kier alpha value is 0.260. The van der Waals surface area contributed by atoms with Crippen molar-refractivity contribution in [3.63, 3.8) is 0 Å². The van der Waals surface area contributed by atoms with Crippen LogP contribution in [0.5, 0.6) is 0 Å². The van der Waals surface area contributed by atoms with E-state index in [-0.39, 0.29) is 6.04 Å². The number of hydrogen-bond acceptors (Lipinski definition) is 3. The van der Waals surface area contributed by atoms with E-state index < -0.39 is 0 Å². The van der Waals surface area contributed by atoms with Crippen LogP contribution in [-0.2, 0) is 6.42 Å². The van der Waals surface area contributed by atoms with Gasteiger partial charge in [-0.2, -0.15) is 11.8 Å². The highest BCUT2D eigenvalue weighted by atomic mass is 79.9. The maximum atomic E-state index is 6.19. The van der Waals surface area contributed by atoms with Crippen molar-refractivity contribution >= 4 is 39.3 Å². The van der Waals surface area contributed by atoms with Gasteiger partial charge in [0.1, 0.15) is 0 Å². The largest absolute Gasteiger partial charge is 0.271 e. The standard InChI is InChI=1S/C12H18BrClN2S/c1-2-5-17-8-11(16-15)6-9-3-4-10(13)7-12(9)14/h3-4,7,11,16H,2,5-6,8,15H2,1H3. The lowest BCUT2D eigenvalue weighted by atomic mass is 10.1. The summed E-state index contributed by atoms with van der Waals surface area (Å²) < 4.78 is 1.00. The highest BCUT2D eigenvalue weighted by Gasteiger charge is 2.10. The average molecular weight is 338 g/mol. The number of rotatable bonds is 7. The van der Waals surface area contributed by atoms with Gasteiger partial charge in [0.2, 0.25) is 0 Å². The van der Waals surface area contributed by atoms with Crippen molar-refractivity contribution in [2.24, 2.45) is 5.84 Å². The first-order chi connectivity index (χ1) is 8.17. The fourth-order valence-electron chi connectivity index (χ4n) is 1.49. The second-order valence-electron chi connectivity index (χ2n) is 3.88. The fraction of sp³-hybridized carbons (Fsp3) is 0.500. The Bertz CT molecular complexity index is 349. The predicted octanol–water partition coefficient (Wildman–Crippen LogP) is 3.62. The zero-order chi connectivity index (χ0) is 12.7. The summed E-state index contributed by atoms with van der Waals surface area (Å²) in [5, 5.41) is 0.792. The van der Waals surface area contributed by atoms with Crippen molar-refractivity contribution in [2.75, 3.05) is 11.5 Å². The third kappa shape index (κ3) is 5.62. The zero-order valence-electron chi connectivity index (χ0n) is 9.88. The van der Waals surface area contributed by atoms with Crippen molar-refractivity contribution in [2.45, 2.75) is 25.8 Å². The minimum absolute atomic E-state index is 0.269. The molecule has 1 rings (SSSR count). The molecule has 0 aliphatic carbocycles. The number of nitrogens with one attached hydrogen (secondary N) is 1. The molecular formula is C12H18BrClN2S. The Labute approximate surface area is 121 Å². The van der Waals surface area contributed by atoms with E-state index in [0.717, 1.165) is 27.2 Å². The molecule has 2 nitrogen and oxygen atoms in total.